The Morgan fingerprint density at radius 2 is 1.12 bits per heavy atom. The van der Waals surface area contributed by atoms with Gasteiger partial charge in [0.25, 0.3) is 0 Å². The minimum atomic E-state index is -2.92. The van der Waals surface area contributed by atoms with Gasteiger partial charge >= 0.3 is 0 Å². The van der Waals surface area contributed by atoms with Gasteiger partial charge in [0.05, 0.1) is 16.7 Å². The number of nitrogens with zero attached hydrogens (tertiary/aromatic N) is 3. The van der Waals surface area contributed by atoms with Crippen molar-refractivity contribution in [1.29, 1.82) is 0 Å². The predicted octanol–water partition coefficient (Wildman–Crippen LogP) is 12.0. The van der Waals surface area contributed by atoms with Gasteiger partial charge < -0.3 is 0 Å². The molecule has 2 heterocycles. The van der Waals surface area contributed by atoms with Gasteiger partial charge in [0.2, 0.25) is 0 Å². The minimum Gasteiger partial charge on any atom is -0.296 e. The second kappa shape index (κ2) is 12.0. The average molecular weight is 633 g/mol. The summed E-state index contributed by atoms with van der Waals surface area (Å²) in [7, 11) is 0. The summed E-state index contributed by atoms with van der Waals surface area (Å²) >= 11 is 0. The Hall–Kier alpha value is -6.32. The lowest BCUT2D eigenvalue weighted by Crippen LogP contribution is -2.02. The second-order valence-corrected chi connectivity index (χ2v) is 12.1. The van der Waals surface area contributed by atoms with E-state index in [-0.39, 0.29) is 5.82 Å². The van der Waals surface area contributed by atoms with Gasteiger partial charge in [0.15, 0.2) is 0 Å². The molecule has 0 unspecified atom stereocenters. The number of hydrogen-bond donors (Lipinski definition) is 0. The molecular formula is C46H33N3. The number of imidazole rings is 1. The molecule has 49 heavy (non-hydrogen) atoms. The van der Waals surface area contributed by atoms with Gasteiger partial charge in [0, 0.05) is 31.2 Å². The van der Waals surface area contributed by atoms with E-state index in [1.165, 1.54) is 5.56 Å². The molecular weight excluding hydrogens is 595 g/mol. The monoisotopic (exact) mass is 632 g/mol. The van der Waals surface area contributed by atoms with Crippen LogP contribution in [-0.2, 0) is 6.37 Å². The van der Waals surface area contributed by atoms with E-state index in [4.69, 9.17) is 6.85 Å². The lowest BCUT2D eigenvalue weighted by atomic mass is 9.85. The molecule has 9 rings (SSSR count). The molecule has 0 radical (unpaired) electrons. The van der Waals surface area contributed by atoms with Gasteiger partial charge in [-0.15, -0.1) is 0 Å². The summed E-state index contributed by atoms with van der Waals surface area (Å²) in [6.45, 7) is -2.92. The Bertz CT molecular complexity index is 2780. The molecule has 0 saturated heterocycles. The third-order valence-electron chi connectivity index (χ3n) is 9.40. The van der Waals surface area contributed by atoms with Crippen molar-refractivity contribution in [2.75, 3.05) is 0 Å². The van der Waals surface area contributed by atoms with Gasteiger partial charge in [-0.2, -0.15) is 0 Å². The lowest BCUT2D eigenvalue weighted by molar-refractivity contribution is 0.909. The van der Waals surface area contributed by atoms with Gasteiger partial charge in [-0.25, -0.2) is 4.98 Å². The van der Waals surface area contributed by atoms with E-state index in [1.807, 2.05) is 67.0 Å². The Labute approximate surface area is 292 Å². The normalized spacial score (nSPS) is 13.5. The molecule has 0 aliphatic carbocycles. The Balaban J connectivity index is 1.20. The Morgan fingerprint density at radius 3 is 1.84 bits per heavy atom. The van der Waals surface area contributed by atoms with E-state index in [0.717, 1.165) is 60.5 Å². The van der Waals surface area contributed by atoms with Crippen LogP contribution < -0.4 is 0 Å². The number of aryl methyl sites for hydroxylation is 1. The van der Waals surface area contributed by atoms with E-state index >= 15 is 0 Å². The first-order valence-corrected chi connectivity index (χ1v) is 16.3. The molecule has 0 aliphatic rings. The van der Waals surface area contributed by atoms with Gasteiger partial charge in [-0.3, -0.25) is 9.55 Å². The lowest BCUT2D eigenvalue weighted by Gasteiger charge is -2.19. The fourth-order valence-electron chi connectivity index (χ4n) is 7.23. The first kappa shape index (κ1) is 23.9. The van der Waals surface area contributed by atoms with Crippen molar-refractivity contribution in [3.8, 4) is 50.2 Å². The van der Waals surface area contributed by atoms with Crippen molar-refractivity contribution in [3.63, 3.8) is 0 Å². The molecule has 232 valence electrons. The second-order valence-electron chi connectivity index (χ2n) is 12.1. The largest absolute Gasteiger partial charge is 0.296 e. The maximum Gasteiger partial charge on any atom is 0.114 e. The zero-order chi connectivity index (χ0) is 37.0. The summed E-state index contributed by atoms with van der Waals surface area (Å²) in [4.78, 5) is 8.75. The van der Waals surface area contributed by atoms with Crippen LogP contribution >= 0.6 is 0 Å². The molecule has 7 aromatic carbocycles. The number of para-hydroxylation sites is 3. The van der Waals surface area contributed by atoms with Crippen LogP contribution in [0.4, 0.5) is 0 Å². The molecule has 0 aliphatic heterocycles. The molecule has 0 bridgehead atoms. The van der Waals surface area contributed by atoms with Crippen LogP contribution in [0.3, 0.4) is 0 Å². The number of fused-ring (bicyclic) bond motifs is 3. The molecule has 0 saturated carbocycles. The minimum absolute atomic E-state index is 0.155. The van der Waals surface area contributed by atoms with Crippen LogP contribution in [0.1, 0.15) is 19.5 Å². The van der Waals surface area contributed by atoms with E-state index in [2.05, 4.69) is 107 Å². The van der Waals surface area contributed by atoms with Crippen LogP contribution in [-0.4, -0.2) is 14.5 Å². The molecule has 3 heteroatoms. The van der Waals surface area contributed by atoms with Crippen LogP contribution in [0.5, 0.6) is 0 Å². The highest BCUT2D eigenvalue weighted by Gasteiger charge is 2.18. The molecule has 2 aromatic heterocycles. The van der Waals surface area contributed by atoms with Gasteiger partial charge in [-0.05, 0) is 96.9 Å². The van der Waals surface area contributed by atoms with Crippen molar-refractivity contribution in [2.45, 2.75) is 13.2 Å². The van der Waals surface area contributed by atoms with Gasteiger partial charge in [-0.1, -0.05) is 128 Å². The van der Waals surface area contributed by atoms with E-state index in [9.17, 15) is 0 Å². The summed E-state index contributed by atoms with van der Waals surface area (Å²) in [5, 5.41) is 4.62. The topological polar surface area (TPSA) is 30.7 Å². The molecule has 0 fully saturated rings. The predicted molar refractivity (Wildman–Crippen MR) is 205 cm³/mol. The van der Waals surface area contributed by atoms with E-state index in [0.29, 0.717) is 16.7 Å². The maximum atomic E-state index is 8.71. The van der Waals surface area contributed by atoms with Gasteiger partial charge in [0.1, 0.15) is 5.82 Å². The number of hydrogen-bond acceptors (Lipinski definition) is 2. The molecule has 0 spiro atoms. The molecule has 0 amide bonds. The number of rotatable bonds is 6. The third kappa shape index (κ3) is 4.90. The SMILES string of the molecule is [2H]C([2H])([2H])C([2H])([2H])c1nc2ccccc2n1-c1ccccc1-c1ccc(-c2c3ccccc3c(-c3cccc(-c4ccncc4)c3)c3ccccc23)cc1. The molecule has 0 N–H and O–H groups in total. The third-order valence-corrected chi connectivity index (χ3v) is 9.40. The summed E-state index contributed by atoms with van der Waals surface area (Å²) in [6.07, 6.45) is 0.947. The van der Waals surface area contributed by atoms with Crippen molar-refractivity contribution in [1.82, 2.24) is 14.5 Å². The van der Waals surface area contributed by atoms with Crippen molar-refractivity contribution >= 4 is 32.6 Å². The van der Waals surface area contributed by atoms with Crippen LogP contribution in [0.15, 0.2) is 170 Å². The van der Waals surface area contributed by atoms with Crippen LogP contribution in [0, 0.1) is 0 Å². The first-order valence-electron chi connectivity index (χ1n) is 18.8. The summed E-state index contributed by atoms with van der Waals surface area (Å²) < 4.78 is 43.2. The highest BCUT2D eigenvalue weighted by molar-refractivity contribution is 6.21. The summed E-state index contributed by atoms with van der Waals surface area (Å²) in [5.74, 6) is -0.155. The van der Waals surface area contributed by atoms with Crippen LogP contribution in [0.2, 0.25) is 0 Å². The Morgan fingerprint density at radius 1 is 0.531 bits per heavy atom. The van der Waals surface area contributed by atoms with Crippen LogP contribution in [0.25, 0.3) is 82.8 Å². The fraction of sp³-hybridized carbons (Fsp3) is 0.0435. The van der Waals surface area contributed by atoms with Crippen molar-refractivity contribution < 1.29 is 6.85 Å². The highest BCUT2D eigenvalue weighted by Crippen LogP contribution is 2.44. The quantitative estimate of drug-likeness (QED) is 0.171. The zero-order valence-electron chi connectivity index (χ0n) is 31.5. The number of aromatic nitrogens is 3. The first-order chi connectivity index (χ1) is 26.2. The smallest absolute Gasteiger partial charge is 0.114 e. The zero-order valence-corrected chi connectivity index (χ0v) is 26.5. The van der Waals surface area contributed by atoms with E-state index in [1.54, 1.807) is 10.6 Å². The number of pyridine rings is 1. The molecule has 9 aromatic rings. The fourth-order valence-corrected chi connectivity index (χ4v) is 7.23. The average Bonchev–Trinajstić information content (AvgIpc) is 3.60. The molecule has 3 nitrogen and oxygen atoms in total. The molecule has 0 atom stereocenters. The number of benzene rings is 7. The highest BCUT2D eigenvalue weighted by atomic mass is 15.1. The van der Waals surface area contributed by atoms with Crippen molar-refractivity contribution in [2.24, 2.45) is 0 Å². The van der Waals surface area contributed by atoms with E-state index < -0.39 is 13.2 Å². The van der Waals surface area contributed by atoms with Crippen molar-refractivity contribution in [3.05, 3.63) is 176 Å². The summed E-state index contributed by atoms with van der Waals surface area (Å²) in [5.41, 5.74) is 10.3. The summed E-state index contributed by atoms with van der Waals surface area (Å²) in [6, 6.07) is 53.4. The Kier molecular flexibility index (Phi) is 5.88. The maximum absolute atomic E-state index is 8.71. The standard InChI is InChI=1S/C46H33N3/c1-2-44-48-41-19-8-10-21-43(41)49(44)42-20-9-7-14-36(42)32-22-24-33(25-23-32)45-37-15-3-5-17-39(37)46(40-18-6-4-16-38(40)45)35-13-11-12-34(30-35)31-26-28-47-29-27-31/h3-30H,2H2,1H3/i1D3,2D2.